The Balaban J connectivity index is 2.52. The maximum absolute atomic E-state index is 9.23. The van der Waals surface area contributed by atoms with Gasteiger partial charge < -0.3 is 5.11 Å². The second-order valence-corrected chi connectivity index (χ2v) is 4.81. The predicted octanol–water partition coefficient (Wildman–Crippen LogP) is 3.53. The van der Waals surface area contributed by atoms with Crippen molar-refractivity contribution in [3.63, 3.8) is 0 Å². The molecule has 1 rings (SSSR count). The second-order valence-electron chi connectivity index (χ2n) is 4.81. The molecule has 1 nitrogen and oxygen atoms in total. The SMILES string of the molecule is CC(C)C(=CC1CCCCCC1)CO. The third-order valence-electron chi connectivity index (χ3n) is 3.27. The largest absolute Gasteiger partial charge is 0.392 e. The van der Waals surface area contributed by atoms with E-state index in [4.69, 9.17) is 0 Å². The molecule has 1 aliphatic carbocycles. The van der Waals surface area contributed by atoms with Crippen molar-refractivity contribution in [2.75, 3.05) is 6.61 Å². The van der Waals surface area contributed by atoms with Crippen molar-refractivity contribution in [3.05, 3.63) is 11.6 Å². The van der Waals surface area contributed by atoms with Crippen LogP contribution in [0.1, 0.15) is 52.4 Å². The molecule has 82 valence electrons. The molecule has 0 radical (unpaired) electrons. The third kappa shape index (κ3) is 3.83. The van der Waals surface area contributed by atoms with Crippen LogP contribution in [0.4, 0.5) is 0 Å². The molecule has 1 saturated carbocycles. The van der Waals surface area contributed by atoms with Crippen molar-refractivity contribution in [2.24, 2.45) is 11.8 Å². The summed E-state index contributed by atoms with van der Waals surface area (Å²) in [6, 6.07) is 0. The van der Waals surface area contributed by atoms with Gasteiger partial charge in [-0.25, -0.2) is 0 Å². The molecule has 1 aliphatic rings. The third-order valence-corrected chi connectivity index (χ3v) is 3.27. The highest BCUT2D eigenvalue weighted by Gasteiger charge is 2.11. The van der Waals surface area contributed by atoms with Crippen LogP contribution < -0.4 is 0 Å². The lowest BCUT2D eigenvalue weighted by Crippen LogP contribution is -2.04. The number of aliphatic hydroxyl groups is 1. The van der Waals surface area contributed by atoms with Gasteiger partial charge in [0.2, 0.25) is 0 Å². The molecule has 0 aromatic rings. The van der Waals surface area contributed by atoms with E-state index in [1.807, 2.05) is 0 Å². The Labute approximate surface area is 88.2 Å². The zero-order valence-electron chi connectivity index (χ0n) is 9.63. The van der Waals surface area contributed by atoms with Gasteiger partial charge in [0, 0.05) is 0 Å². The molecule has 0 spiro atoms. The monoisotopic (exact) mass is 196 g/mol. The normalized spacial score (nSPS) is 21.3. The van der Waals surface area contributed by atoms with Gasteiger partial charge in [0.05, 0.1) is 6.61 Å². The average Bonchev–Trinajstić information content (AvgIpc) is 2.41. The molecule has 14 heavy (non-hydrogen) atoms. The van der Waals surface area contributed by atoms with Gasteiger partial charge in [-0.15, -0.1) is 0 Å². The highest BCUT2D eigenvalue weighted by Crippen LogP contribution is 2.26. The minimum Gasteiger partial charge on any atom is -0.392 e. The zero-order chi connectivity index (χ0) is 10.4. The molecule has 0 amide bonds. The van der Waals surface area contributed by atoms with Crippen LogP contribution in [0.3, 0.4) is 0 Å². The van der Waals surface area contributed by atoms with Crippen LogP contribution >= 0.6 is 0 Å². The van der Waals surface area contributed by atoms with E-state index < -0.39 is 0 Å². The lowest BCUT2D eigenvalue weighted by atomic mass is 9.93. The van der Waals surface area contributed by atoms with Crippen LogP contribution in [0.15, 0.2) is 11.6 Å². The summed E-state index contributed by atoms with van der Waals surface area (Å²) in [4.78, 5) is 0. The van der Waals surface area contributed by atoms with Crippen molar-refractivity contribution < 1.29 is 5.11 Å². The molecule has 0 heterocycles. The molecule has 0 aromatic carbocycles. The summed E-state index contributed by atoms with van der Waals surface area (Å²) in [7, 11) is 0. The Morgan fingerprint density at radius 3 is 2.21 bits per heavy atom. The molecular weight excluding hydrogens is 172 g/mol. The van der Waals surface area contributed by atoms with Gasteiger partial charge in [-0.1, -0.05) is 45.6 Å². The summed E-state index contributed by atoms with van der Waals surface area (Å²) < 4.78 is 0. The van der Waals surface area contributed by atoms with Crippen LogP contribution in [0.5, 0.6) is 0 Å². The van der Waals surface area contributed by atoms with Gasteiger partial charge in [0.15, 0.2) is 0 Å². The van der Waals surface area contributed by atoms with E-state index in [-0.39, 0.29) is 6.61 Å². The Hall–Kier alpha value is -0.300. The minimum absolute atomic E-state index is 0.244. The Kier molecular flexibility index (Phi) is 5.24. The van der Waals surface area contributed by atoms with Crippen molar-refractivity contribution in [1.29, 1.82) is 0 Å². The summed E-state index contributed by atoms with van der Waals surface area (Å²) >= 11 is 0. The smallest absolute Gasteiger partial charge is 0.0644 e. The average molecular weight is 196 g/mol. The topological polar surface area (TPSA) is 20.2 Å². The molecule has 1 N–H and O–H groups in total. The summed E-state index contributed by atoms with van der Waals surface area (Å²) in [5.41, 5.74) is 1.23. The van der Waals surface area contributed by atoms with E-state index in [2.05, 4.69) is 19.9 Å². The number of hydrogen-bond donors (Lipinski definition) is 1. The molecule has 0 aliphatic heterocycles. The molecule has 1 heteroatoms. The van der Waals surface area contributed by atoms with Gasteiger partial charge in [-0.3, -0.25) is 0 Å². The Morgan fingerprint density at radius 2 is 1.79 bits per heavy atom. The zero-order valence-corrected chi connectivity index (χ0v) is 9.63. The first-order chi connectivity index (χ1) is 6.74. The molecular formula is C13H24O. The summed E-state index contributed by atoms with van der Waals surface area (Å²) in [5, 5.41) is 9.23. The minimum atomic E-state index is 0.244. The van der Waals surface area contributed by atoms with Crippen molar-refractivity contribution >= 4 is 0 Å². The van der Waals surface area contributed by atoms with Gasteiger partial charge in [0.1, 0.15) is 0 Å². The van der Waals surface area contributed by atoms with Crippen molar-refractivity contribution in [3.8, 4) is 0 Å². The van der Waals surface area contributed by atoms with Crippen molar-refractivity contribution in [1.82, 2.24) is 0 Å². The summed E-state index contributed by atoms with van der Waals surface area (Å²) in [5.74, 6) is 1.24. The summed E-state index contributed by atoms with van der Waals surface area (Å²) in [6.07, 6.45) is 10.6. The predicted molar refractivity (Wildman–Crippen MR) is 61.2 cm³/mol. The van der Waals surface area contributed by atoms with E-state index in [9.17, 15) is 5.11 Å². The van der Waals surface area contributed by atoms with Gasteiger partial charge in [-0.2, -0.15) is 0 Å². The second kappa shape index (κ2) is 6.23. The first kappa shape index (κ1) is 11.8. The Morgan fingerprint density at radius 1 is 1.21 bits per heavy atom. The van der Waals surface area contributed by atoms with Crippen molar-refractivity contribution in [2.45, 2.75) is 52.4 Å². The van der Waals surface area contributed by atoms with Crippen LogP contribution in [0.2, 0.25) is 0 Å². The fourth-order valence-corrected chi connectivity index (χ4v) is 2.21. The molecule has 1 fully saturated rings. The van der Waals surface area contributed by atoms with Crippen LogP contribution in [0, 0.1) is 11.8 Å². The highest BCUT2D eigenvalue weighted by molar-refractivity contribution is 5.07. The van der Waals surface area contributed by atoms with Crippen LogP contribution in [0.25, 0.3) is 0 Å². The fraction of sp³-hybridized carbons (Fsp3) is 0.846. The number of hydrogen-bond acceptors (Lipinski definition) is 1. The number of rotatable bonds is 3. The van der Waals surface area contributed by atoms with E-state index in [1.54, 1.807) is 0 Å². The lowest BCUT2D eigenvalue weighted by Gasteiger charge is -2.14. The maximum atomic E-state index is 9.23. The number of aliphatic hydroxyl groups excluding tert-OH is 1. The standard InChI is InChI=1S/C13H24O/c1-11(2)13(10-14)9-12-7-5-3-4-6-8-12/h9,11-12,14H,3-8,10H2,1-2H3. The first-order valence-corrected chi connectivity index (χ1v) is 6.05. The quantitative estimate of drug-likeness (QED) is 0.541. The molecule has 0 saturated heterocycles. The lowest BCUT2D eigenvalue weighted by molar-refractivity contribution is 0.316. The van der Waals surface area contributed by atoms with Gasteiger partial charge in [-0.05, 0) is 30.3 Å². The highest BCUT2D eigenvalue weighted by atomic mass is 16.3. The van der Waals surface area contributed by atoms with Crippen LogP contribution in [-0.4, -0.2) is 11.7 Å². The number of allylic oxidation sites excluding steroid dienone is 1. The maximum Gasteiger partial charge on any atom is 0.0644 e. The van der Waals surface area contributed by atoms with E-state index in [0.29, 0.717) is 5.92 Å². The van der Waals surface area contributed by atoms with Gasteiger partial charge >= 0.3 is 0 Å². The molecule has 0 aromatic heterocycles. The van der Waals surface area contributed by atoms with E-state index >= 15 is 0 Å². The van der Waals surface area contributed by atoms with E-state index in [1.165, 1.54) is 44.1 Å². The molecule has 0 unspecified atom stereocenters. The molecule has 0 atom stereocenters. The Bertz CT molecular complexity index is 174. The van der Waals surface area contributed by atoms with E-state index in [0.717, 1.165) is 5.92 Å². The van der Waals surface area contributed by atoms with Crippen LogP contribution in [-0.2, 0) is 0 Å². The first-order valence-electron chi connectivity index (χ1n) is 6.05. The molecule has 0 bridgehead atoms. The summed E-state index contributed by atoms with van der Waals surface area (Å²) in [6.45, 7) is 4.58. The fourth-order valence-electron chi connectivity index (χ4n) is 2.21. The van der Waals surface area contributed by atoms with Gasteiger partial charge in [0.25, 0.3) is 0 Å².